The normalized spacial score (nSPS) is 14.3. The average Bonchev–Trinajstić information content (AvgIpc) is 2.17. The molecule has 78 valence electrons. The van der Waals surface area contributed by atoms with Gasteiger partial charge < -0.3 is 4.90 Å². The van der Waals surface area contributed by atoms with Gasteiger partial charge in [0, 0.05) is 0 Å². The van der Waals surface area contributed by atoms with Gasteiger partial charge in [-0.2, -0.15) is 0 Å². The molecule has 0 amide bonds. The summed E-state index contributed by atoms with van der Waals surface area (Å²) in [5.74, 6) is 0. The molecule has 1 nitrogen and oxygen atoms in total. The predicted molar refractivity (Wildman–Crippen MR) is 62.7 cm³/mol. The molecular formula is C13H21N. The molecule has 2 rings (SSSR count). The van der Waals surface area contributed by atoms with Crippen molar-refractivity contribution in [3.05, 3.63) is 35.4 Å². The number of hydrogen-bond acceptors (Lipinski definition) is 1. The smallest absolute Gasteiger partial charge is 0.0140 e. The summed E-state index contributed by atoms with van der Waals surface area (Å²) in [7, 11) is 6.00. The van der Waals surface area contributed by atoms with E-state index in [0.29, 0.717) is 0 Å². The highest BCUT2D eigenvalue weighted by atomic mass is 15.0. The fourth-order valence-corrected chi connectivity index (χ4v) is 1.68. The predicted octanol–water partition coefficient (Wildman–Crippen LogP) is 2.74. The Morgan fingerprint density at radius 1 is 0.857 bits per heavy atom. The molecule has 0 aliphatic heterocycles. The molecule has 1 aliphatic carbocycles. The third kappa shape index (κ3) is 3.93. The van der Waals surface area contributed by atoms with E-state index in [0.717, 1.165) is 0 Å². The van der Waals surface area contributed by atoms with Crippen LogP contribution in [0.5, 0.6) is 0 Å². The van der Waals surface area contributed by atoms with Crippen LogP contribution in [0.1, 0.15) is 24.0 Å². The Balaban J connectivity index is 0.000000213. The van der Waals surface area contributed by atoms with Crippen LogP contribution in [-0.4, -0.2) is 26.0 Å². The second kappa shape index (κ2) is 5.82. The van der Waals surface area contributed by atoms with Crippen molar-refractivity contribution in [3.63, 3.8) is 0 Å². The SMILES string of the molecule is CN(C)C.c1ccc2c(c1)CCCC2. The van der Waals surface area contributed by atoms with Crippen molar-refractivity contribution in [3.8, 4) is 0 Å². The summed E-state index contributed by atoms with van der Waals surface area (Å²) in [6.07, 6.45) is 5.38. The van der Waals surface area contributed by atoms with Crippen LogP contribution in [0.25, 0.3) is 0 Å². The van der Waals surface area contributed by atoms with Crippen molar-refractivity contribution in [2.45, 2.75) is 25.7 Å². The van der Waals surface area contributed by atoms with Crippen molar-refractivity contribution in [2.24, 2.45) is 0 Å². The van der Waals surface area contributed by atoms with Gasteiger partial charge in [-0.3, -0.25) is 0 Å². The summed E-state index contributed by atoms with van der Waals surface area (Å²) in [6, 6.07) is 8.80. The fourth-order valence-electron chi connectivity index (χ4n) is 1.68. The molecule has 0 heterocycles. The van der Waals surface area contributed by atoms with Crippen LogP contribution >= 0.6 is 0 Å². The standard InChI is InChI=1S/C10H12.C3H9N/c1-2-6-10-8-4-3-7-9(10)5-1;1-4(2)3/h1-2,5-6H,3-4,7-8H2;1-3H3. The van der Waals surface area contributed by atoms with Gasteiger partial charge in [-0.05, 0) is 58.0 Å². The molecule has 0 N–H and O–H groups in total. The van der Waals surface area contributed by atoms with E-state index in [1.807, 2.05) is 26.0 Å². The van der Waals surface area contributed by atoms with Crippen molar-refractivity contribution in [2.75, 3.05) is 21.1 Å². The molecule has 0 spiro atoms. The Bertz CT molecular complexity index is 238. The minimum Gasteiger partial charge on any atom is -0.312 e. The van der Waals surface area contributed by atoms with Crippen LogP contribution in [0.3, 0.4) is 0 Å². The lowest BCUT2D eigenvalue weighted by atomic mass is 9.92. The molecule has 0 atom stereocenters. The topological polar surface area (TPSA) is 3.24 Å². The van der Waals surface area contributed by atoms with E-state index in [1.54, 1.807) is 11.1 Å². The fraction of sp³-hybridized carbons (Fsp3) is 0.538. The Morgan fingerprint density at radius 3 is 1.57 bits per heavy atom. The first-order valence-corrected chi connectivity index (χ1v) is 5.38. The molecule has 0 radical (unpaired) electrons. The lowest BCUT2D eigenvalue weighted by Crippen LogP contribution is -2.00. The van der Waals surface area contributed by atoms with Gasteiger partial charge >= 0.3 is 0 Å². The lowest BCUT2D eigenvalue weighted by molar-refractivity contribution is 0.505. The van der Waals surface area contributed by atoms with Crippen molar-refractivity contribution >= 4 is 0 Å². The summed E-state index contributed by atoms with van der Waals surface area (Å²) in [5.41, 5.74) is 3.16. The number of nitrogens with zero attached hydrogens (tertiary/aromatic N) is 1. The van der Waals surface area contributed by atoms with Crippen LogP contribution in [-0.2, 0) is 12.8 Å². The Morgan fingerprint density at radius 2 is 1.21 bits per heavy atom. The van der Waals surface area contributed by atoms with E-state index < -0.39 is 0 Å². The van der Waals surface area contributed by atoms with Gasteiger partial charge in [-0.1, -0.05) is 24.3 Å². The first-order chi connectivity index (χ1) is 6.70. The first-order valence-electron chi connectivity index (χ1n) is 5.38. The molecule has 0 unspecified atom stereocenters. The Kier molecular flexibility index (Phi) is 4.68. The minimum absolute atomic E-state index is 1.30. The van der Waals surface area contributed by atoms with Crippen molar-refractivity contribution < 1.29 is 0 Å². The maximum atomic E-state index is 2.26. The van der Waals surface area contributed by atoms with Crippen molar-refractivity contribution in [1.82, 2.24) is 4.90 Å². The second-order valence-electron chi connectivity index (χ2n) is 4.32. The van der Waals surface area contributed by atoms with Gasteiger partial charge in [0.05, 0.1) is 0 Å². The molecular weight excluding hydrogens is 170 g/mol. The molecule has 0 saturated carbocycles. The quantitative estimate of drug-likeness (QED) is 0.609. The van der Waals surface area contributed by atoms with Gasteiger partial charge in [0.2, 0.25) is 0 Å². The first kappa shape index (κ1) is 11.3. The molecule has 0 saturated heterocycles. The lowest BCUT2D eigenvalue weighted by Gasteiger charge is -2.13. The van der Waals surface area contributed by atoms with Gasteiger partial charge in [0.1, 0.15) is 0 Å². The zero-order chi connectivity index (χ0) is 10.4. The highest BCUT2D eigenvalue weighted by Gasteiger charge is 2.05. The molecule has 1 heteroatoms. The van der Waals surface area contributed by atoms with Gasteiger partial charge in [0.15, 0.2) is 0 Å². The van der Waals surface area contributed by atoms with Gasteiger partial charge in [-0.25, -0.2) is 0 Å². The average molecular weight is 191 g/mol. The van der Waals surface area contributed by atoms with E-state index in [4.69, 9.17) is 0 Å². The number of aryl methyl sites for hydroxylation is 2. The van der Waals surface area contributed by atoms with Gasteiger partial charge in [-0.15, -0.1) is 0 Å². The van der Waals surface area contributed by atoms with Crippen LogP contribution in [0.4, 0.5) is 0 Å². The number of benzene rings is 1. The number of rotatable bonds is 0. The van der Waals surface area contributed by atoms with Crippen LogP contribution in [0.15, 0.2) is 24.3 Å². The van der Waals surface area contributed by atoms with Gasteiger partial charge in [0.25, 0.3) is 0 Å². The van der Waals surface area contributed by atoms with Crippen LogP contribution in [0.2, 0.25) is 0 Å². The molecule has 0 aromatic heterocycles. The molecule has 0 bridgehead atoms. The molecule has 14 heavy (non-hydrogen) atoms. The van der Waals surface area contributed by atoms with E-state index >= 15 is 0 Å². The third-order valence-corrected chi connectivity index (χ3v) is 2.26. The van der Waals surface area contributed by atoms with E-state index in [9.17, 15) is 0 Å². The summed E-state index contributed by atoms with van der Waals surface area (Å²) in [6.45, 7) is 0. The van der Waals surface area contributed by atoms with E-state index in [2.05, 4.69) is 24.3 Å². The zero-order valence-electron chi connectivity index (χ0n) is 9.59. The van der Waals surface area contributed by atoms with E-state index in [1.165, 1.54) is 25.7 Å². The largest absolute Gasteiger partial charge is 0.312 e. The summed E-state index contributed by atoms with van der Waals surface area (Å²) in [4.78, 5) is 2.00. The summed E-state index contributed by atoms with van der Waals surface area (Å²) >= 11 is 0. The summed E-state index contributed by atoms with van der Waals surface area (Å²) < 4.78 is 0. The second-order valence-corrected chi connectivity index (χ2v) is 4.32. The Labute approximate surface area is 87.7 Å². The third-order valence-electron chi connectivity index (χ3n) is 2.26. The zero-order valence-corrected chi connectivity index (χ0v) is 9.59. The summed E-state index contributed by atoms with van der Waals surface area (Å²) in [5, 5.41) is 0. The van der Waals surface area contributed by atoms with Crippen LogP contribution in [0, 0.1) is 0 Å². The Hall–Kier alpha value is -0.820. The number of fused-ring (bicyclic) bond motifs is 1. The molecule has 1 aliphatic rings. The number of hydrogen-bond donors (Lipinski definition) is 0. The maximum absolute atomic E-state index is 2.26. The molecule has 1 aromatic carbocycles. The highest BCUT2D eigenvalue weighted by Crippen LogP contribution is 2.19. The molecule has 1 aromatic rings. The molecule has 0 fully saturated rings. The maximum Gasteiger partial charge on any atom is -0.0140 e. The van der Waals surface area contributed by atoms with Crippen LogP contribution < -0.4 is 0 Å². The van der Waals surface area contributed by atoms with Crippen molar-refractivity contribution in [1.29, 1.82) is 0 Å². The highest BCUT2D eigenvalue weighted by molar-refractivity contribution is 5.28. The van der Waals surface area contributed by atoms with E-state index in [-0.39, 0.29) is 0 Å². The monoisotopic (exact) mass is 191 g/mol. The minimum atomic E-state index is 1.30.